The van der Waals surface area contributed by atoms with Crippen LogP contribution in [0.1, 0.15) is 12.8 Å². The van der Waals surface area contributed by atoms with Crippen LogP contribution in [0, 0.1) is 0 Å². The summed E-state index contributed by atoms with van der Waals surface area (Å²) in [5, 5.41) is 9.62. The second kappa shape index (κ2) is 8.28. The molecule has 2 fully saturated rings. The van der Waals surface area contributed by atoms with E-state index in [9.17, 15) is 9.59 Å². The first-order valence-electron chi connectivity index (χ1n) is 10.0. The Bertz CT molecular complexity index is 904. The van der Waals surface area contributed by atoms with E-state index in [4.69, 9.17) is 5.11 Å². The van der Waals surface area contributed by atoms with Gasteiger partial charge in [0.2, 0.25) is 5.91 Å². The summed E-state index contributed by atoms with van der Waals surface area (Å²) >= 11 is 0. The van der Waals surface area contributed by atoms with Crippen molar-refractivity contribution in [3.63, 3.8) is 0 Å². The number of piperazine rings is 1. The van der Waals surface area contributed by atoms with Crippen LogP contribution in [0.15, 0.2) is 29.3 Å². The number of fused-ring (bicyclic) bond motifs is 1. The van der Waals surface area contributed by atoms with Crippen LogP contribution in [0.2, 0.25) is 0 Å². The van der Waals surface area contributed by atoms with Gasteiger partial charge in [-0.2, -0.15) is 0 Å². The average molecular weight is 385 g/mol. The zero-order valence-corrected chi connectivity index (χ0v) is 16.1. The van der Waals surface area contributed by atoms with E-state index in [0.29, 0.717) is 23.2 Å². The van der Waals surface area contributed by atoms with Crippen molar-refractivity contribution in [3.05, 3.63) is 34.9 Å². The molecule has 2 aromatic rings. The average Bonchev–Trinajstić information content (AvgIpc) is 3.13. The van der Waals surface area contributed by atoms with Crippen LogP contribution >= 0.6 is 0 Å². The van der Waals surface area contributed by atoms with E-state index >= 15 is 0 Å². The Morgan fingerprint density at radius 2 is 1.82 bits per heavy atom. The largest absolute Gasteiger partial charge is 0.395 e. The van der Waals surface area contributed by atoms with Crippen molar-refractivity contribution in [1.82, 2.24) is 19.4 Å². The minimum Gasteiger partial charge on any atom is -0.395 e. The number of benzene rings is 1. The maximum Gasteiger partial charge on any atom is 0.261 e. The third kappa shape index (κ3) is 3.88. The molecule has 0 aliphatic carbocycles. The van der Waals surface area contributed by atoms with Gasteiger partial charge in [0, 0.05) is 57.9 Å². The van der Waals surface area contributed by atoms with Crippen LogP contribution in [-0.4, -0.2) is 82.8 Å². The van der Waals surface area contributed by atoms with E-state index in [-0.39, 0.29) is 18.7 Å². The van der Waals surface area contributed by atoms with Gasteiger partial charge in [0.15, 0.2) is 0 Å². The van der Waals surface area contributed by atoms with Gasteiger partial charge in [-0.3, -0.25) is 19.1 Å². The normalized spacial score (nSPS) is 18.4. The Labute approximate surface area is 164 Å². The fourth-order valence-corrected chi connectivity index (χ4v) is 4.04. The molecule has 0 radical (unpaired) electrons. The Kier molecular flexibility index (Phi) is 5.59. The van der Waals surface area contributed by atoms with Crippen LogP contribution in [0.3, 0.4) is 0 Å². The highest BCUT2D eigenvalue weighted by molar-refractivity contribution is 5.81. The number of likely N-dealkylation sites (tertiary alicyclic amines) is 1. The lowest BCUT2D eigenvalue weighted by molar-refractivity contribution is -0.127. The molecule has 28 heavy (non-hydrogen) atoms. The summed E-state index contributed by atoms with van der Waals surface area (Å²) in [6.45, 7) is 6.61. The Morgan fingerprint density at radius 3 is 2.54 bits per heavy atom. The summed E-state index contributed by atoms with van der Waals surface area (Å²) in [4.78, 5) is 35.2. The molecule has 0 spiro atoms. The van der Waals surface area contributed by atoms with Gasteiger partial charge in [0.25, 0.3) is 5.56 Å². The molecule has 1 aromatic heterocycles. The second-order valence-electron chi connectivity index (χ2n) is 7.48. The standard InChI is InChI=1S/C20H27N5O3/c26-13-12-25-15-21-18-14-16(3-4-17(18)20(25)28)23-9-6-22(7-10-23)8-11-24-5-1-2-19(24)27/h3-4,14-15,26H,1-2,5-13H2. The smallest absolute Gasteiger partial charge is 0.261 e. The number of hydrogen-bond acceptors (Lipinski definition) is 6. The quantitative estimate of drug-likeness (QED) is 0.762. The van der Waals surface area contributed by atoms with Crippen molar-refractivity contribution in [2.45, 2.75) is 19.4 Å². The topological polar surface area (TPSA) is 81.9 Å². The molecule has 0 atom stereocenters. The van der Waals surface area contributed by atoms with Crippen molar-refractivity contribution in [3.8, 4) is 0 Å². The molecule has 1 amide bonds. The zero-order valence-electron chi connectivity index (χ0n) is 16.1. The SMILES string of the molecule is O=C1CCCN1CCN1CCN(c2ccc3c(=O)n(CCO)cnc3c2)CC1. The van der Waals surface area contributed by atoms with E-state index in [0.717, 1.165) is 57.9 Å². The lowest BCUT2D eigenvalue weighted by Crippen LogP contribution is -2.48. The molecule has 2 aliphatic heterocycles. The van der Waals surface area contributed by atoms with E-state index < -0.39 is 0 Å². The van der Waals surface area contributed by atoms with Crippen LogP contribution in [0.4, 0.5) is 5.69 Å². The molecule has 8 heteroatoms. The minimum absolute atomic E-state index is 0.0820. The number of carbonyl (C=O) groups excluding carboxylic acids is 1. The first-order valence-corrected chi connectivity index (χ1v) is 10.0. The monoisotopic (exact) mass is 385 g/mol. The number of nitrogens with zero attached hydrogens (tertiary/aromatic N) is 5. The number of aliphatic hydroxyl groups is 1. The van der Waals surface area contributed by atoms with Crippen molar-refractivity contribution < 1.29 is 9.90 Å². The third-order valence-corrected chi connectivity index (χ3v) is 5.74. The van der Waals surface area contributed by atoms with E-state index in [2.05, 4.69) is 14.8 Å². The Morgan fingerprint density at radius 1 is 1.00 bits per heavy atom. The molecule has 0 saturated carbocycles. The van der Waals surface area contributed by atoms with Crippen molar-refractivity contribution in [2.75, 3.05) is 57.3 Å². The maximum atomic E-state index is 12.4. The Hall–Kier alpha value is -2.45. The number of anilines is 1. The van der Waals surface area contributed by atoms with Gasteiger partial charge in [0.05, 0.1) is 30.4 Å². The molecule has 0 unspecified atom stereocenters. The predicted octanol–water partition coefficient (Wildman–Crippen LogP) is 0.133. The molecule has 2 aliphatic rings. The van der Waals surface area contributed by atoms with Gasteiger partial charge in [-0.15, -0.1) is 0 Å². The van der Waals surface area contributed by atoms with Gasteiger partial charge in [0.1, 0.15) is 0 Å². The minimum atomic E-state index is -0.119. The highest BCUT2D eigenvalue weighted by Crippen LogP contribution is 2.20. The second-order valence-corrected chi connectivity index (χ2v) is 7.48. The summed E-state index contributed by atoms with van der Waals surface area (Å²) in [5.74, 6) is 0.292. The van der Waals surface area contributed by atoms with Crippen molar-refractivity contribution >= 4 is 22.5 Å². The lowest BCUT2D eigenvalue weighted by Gasteiger charge is -2.36. The van der Waals surface area contributed by atoms with Gasteiger partial charge >= 0.3 is 0 Å². The summed E-state index contributed by atoms with van der Waals surface area (Å²) in [6, 6.07) is 5.78. The van der Waals surface area contributed by atoms with E-state index in [1.807, 2.05) is 23.1 Å². The molecule has 1 aromatic carbocycles. The molecule has 0 bridgehead atoms. The summed E-state index contributed by atoms with van der Waals surface area (Å²) in [5.41, 5.74) is 1.65. The highest BCUT2D eigenvalue weighted by Gasteiger charge is 2.22. The fraction of sp³-hybridized carbons (Fsp3) is 0.550. The summed E-state index contributed by atoms with van der Waals surface area (Å²) in [7, 11) is 0. The first-order chi connectivity index (χ1) is 13.7. The van der Waals surface area contributed by atoms with Gasteiger partial charge < -0.3 is 14.9 Å². The van der Waals surface area contributed by atoms with Gasteiger partial charge in [-0.25, -0.2) is 4.98 Å². The summed E-state index contributed by atoms with van der Waals surface area (Å²) in [6.07, 6.45) is 3.20. The number of aliphatic hydroxyl groups excluding tert-OH is 1. The fourth-order valence-electron chi connectivity index (χ4n) is 4.04. The van der Waals surface area contributed by atoms with E-state index in [1.165, 1.54) is 10.9 Å². The first kappa shape index (κ1) is 18.9. The van der Waals surface area contributed by atoms with Crippen molar-refractivity contribution in [1.29, 1.82) is 0 Å². The highest BCUT2D eigenvalue weighted by atomic mass is 16.3. The molecule has 150 valence electrons. The van der Waals surface area contributed by atoms with Gasteiger partial charge in [-0.1, -0.05) is 0 Å². The molecular formula is C20H27N5O3. The molecule has 1 N–H and O–H groups in total. The van der Waals surface area contributed by atoms with E-state index in [1.54, 1.807) is 0 Å². The number of rotatable bonds is 6. The molecular weight excluding hydrogens is 358 g/mol. The Balaban J connectivity index is 1.37. The lowest BCUT2D eigenvalue weighted by atomic mass is 10.2. The third-order valence-electron chi connectivity index (χ3n) is 5.74. The zero-order chi connectivity index (χ0) is 19.5. The molecule has 3 heterocycles. The van der Waals surface area contributed by atoms with Gasteiger partial charge in [-0.05, 0) is 24.6 Å². The molecule has 4 rings (SSSR count). The van der Waals surface area contributed by atoms with Crippen molar-refractivity contribution in [2.24, 2.45) is 0 Å². The van der Waals surface area contributed by atoms with Crippen LogP contribution in [-0.2, 0) is 11.3 Å². The molecule has 8 nitrogen and oxygen atoms in total. The van der Waals surface area contributed by atoms with Crippen LogP contribution < -0.4 is 10.5 Å². The number of carbonyl (C=O) groups is 1. The number of amides is 1. The molecule has 2 saturated heterocycles. The predicted molar refractivity (Wildman–Crippen MR) is 108 cm³/mol. The van der Waals surface area contributed by atoms with Crippen LogP contribution in [0.25, 0.3) is 10.9 Å². The van der Waals surface area contributed by atoms with Crippen LogP contribution in [0.5, 0.6) is 0 Å². The number of aromatic nitrogens is 2. The number of hydrogen-bond donors (Lipinski definition) is 1. The maximum absolute atomic E-state index is 12.4. The summed E-state index contributed by atoms with van der Waals surface area (Å²) < 4.78 is 1.44.